The maximum Gasteiger partial charge on any atom is 0.270 e. The van der Waals surface area contributed by atoms with Crippen molar-refractivity contribution in [3.63, 3.8) is 0 Å². The van der Waals surface area contributed by atoms with Crippen LogP contribution in [0.25, 0.3) is 0 Å². The van der Waals surface area contributed by atoms with Gasteiger partial charge in [-0.3, -0.25) is 19.8 Å². The van der Waals surface area contributed by atoms with Gasteiger partial charge in [-0.05, 0) is 37.3 Å². The lowest BCUT2D eigenvalue weighted by Crippen LogP contribution is -2.50. The van der Waals surface area contributed by atoms with Gasteiger partial charge in [0.2, 0.25) is 15.9 Å². The zero-order valence-corrected chi connectivity index (χ0v) is 17.9. The summed E-state index contributed by atoms with van der Waals surface area (Å²) in [5.41, 5.74) is 0.381. The SMILES string of the molecule is CCOc1ccc(NC(=O)CN2CCN(S(=O)(=O)c3cccc([N+](=O)[O-])c3)CC2)cc1. The van der Waals surface area contributed by atoms with Crippen molar-refractivity contribution in [2.45, 2.75) is 11.8 Å². The number of anilines is 1. The number of carbonyl (C=O) groups is 1. The number of carbonyl (C=O) groups excluding carboxylic acids is 1. The standard InChI is InChI=1S/C20H24N4O6S/c1-2-30-18-8-6-16(7-9-18)21-20(25)15-22-10-12-23(13-11-22)31(28,29)19-5-3-4-17(14-19)24(26)27/h3-9,14H,2,10-13,15H2,1H3,(H,21,25). The molecule has 166 valence electrons. The number of ether oxygens (including phenoxy) is 1. The minimum atomic E-state index is -3.84. The van der Waals surface area contributed by atoms with E-state index in [0.717, 1.165) is 11.8 Å². The van der Waals surface area contributed by atoms with Crippen molar-refractivity contribution >= 4 is 27.3 Å². The van der Waals surface area contributed by atoms with Crippen molar-refractivity contribution in [3.8, 4) is 5.75 Å². The molecule has 1 aliphatic heterocycles. The average Bonchev–Trinajstić information content (AvgIpc) is 2.76. The first kappa shape index (κ1) is 22.7. The number of sulfonamides is 1. The van der Waals surface area contributed by atoms with Crippen LogP contribution in [0.5, 0.6) is 5.75 Å². The molecule has 0 saturated carbocycles. The molecule has 2 aromatic rings. The molecular formula is C20H24N4O6S. The summed E-state index contributed by atoms with van der Waals surface area (Å²) in [4.78, 5) is 24.4. The minimum Gasteiger partial charge on any atom is -0.494 e. The number of nitrogens with one attached hydrogen (secondary N) is 1. The Morgan fingerprint density at radius 1 is 1.13 bits per heavy atom. The maximum atomic E-state index is 12.8. The van der Waals surface area contributed by atoms with Gasteiger partial charge in [0.15, 0.2) is 0 Å². The molecule has 2 aromatic carbocycles. The Morgan fingerprint density at radius 3 is 2.42 bits per heavy atom. The van der Waals surface area contributed by atoms with Crippen molar-refractivity contribution in [2.75, 3.05) is 44.6 Å². The third-order valence-corrected chi connectivity index (χ3v) is 6.71. The van der Waals surface area contributed by atoms with Crippen LogP contribution in [-0.2, 0) is 14.8 Å². The normalized spacial score (nSPS) is 15.4. The van der Waals surface area contributed by atoms with Crippen LogP contribution in [0.4, 0.5) is 11.4 Å². The molecule has 1 amide bonds. The number of nitro benzene ring substituents is 1. The van der Waals surface area contributed by atoms with E-state index in [1.54, 1.807) is 24.3 Å². The fourth-order valence-corrected chi connectivity index (χ4v) is 4.70. The largest absolute Gasteiger partial charge is 0.494 e. The number of benzene rings is 2. The Bertz CT molecular complexity index is 1030. The maximum absolute atomic E-state index is 12.8. The number of hydrogen-bond acceptors (Lipinski definition) is 7. The summed E-state index contributed by atoms with van der Waals surface area (Å²) < 4.78 is 32.3. The molecule has 3 rings (SSSR count). The van der Waals surface area contributed by atoms with Gasteiger partial charge < -0.3 is 10.1 Å². The van der Waals surface area contributed by atoms with Gasteiger partial charge in [0.05, 0.1) is 23.0 Å². The molecule has 0 radical (unpaired) electrons. The van der Waals surface area contributed by atoms with E-state index in [-0.39, 0.29) is 36.1 Å². The van der Waals surface area contributed by atoms with E-state index >= 15 is 0 Å². The lowest BCUT2D eigenvalue weighted by molar-refractivity contribution is -0.385. The van der Waals surface area contributed by atoms with Gasteiger partial charge in [-0.2, -0.15) is 4.31 Å². The van der Waals surface area contributed by atoms with E-state index in [2.05, 4.69) is 5.32 Å². The summed E-state index contributed by atoms with van der Waals surface area (Å²) in [7, 11) is -3.84. The Hall–Kier alpha value is -3.02. The van der Waals surface area contributed by atoms with E-state index in [1.165, 1.54) is 22.5 Å². The molecule has 1 heterocycles. The van der Waals surface area contributed by atoms with E-state index in [9.17, 15) is 23.3 Å². The summed E-state index contributed by atoms with van der Waals surface area (Å²) in [6.45, 7) is 3.75. The first-order valence-corrected chi connectivity index (χ1v) is 11.2. The number of rotatable bonds is 8. The monoisotopic (exact) mass is 448 g/mol. The molecule has 0 unspecified atom stereocenters. The zero-order chi connectivity index (χ0) is 22.4. The molecule has 10 nitrogen and oxygen atoms in total. The Balaban J connectivity index is 1.53. The topological polar surface area (TPSA) is 122 Å². The first-order chi connectivity index (χ1) is 14.8. The Morgan fingerprint density at radius 2 is 1.81 bits per heavy atom. The predicted octanol–water partition coefficient (Wildman–Crippen LogP) is 1.94. The highest BCUT2D eigenvalue weighted by Gasteiger charge is 2.30. The number of piperazine rings is 1. The second-order valence-electron chi connectivity index (χ2n) is 6.94. The van der Waals surface area contributed by atoms with Gasteiger partial charge in [0.1, 0.15) is 5.75 Å². The highest BCUT2D eigenvalue weighted by atomic mass is 32.2. The van der Waals surface area contributed by atoms with Crippen LogP contribution < -0.4 is 10.1 Å². The van der Waals surface area contributed by atoms with Gasteiger partial charge in [0.25, 0.3) is 5.69 Å². The van der Waals surface area contributed by atoms with E-state index in [4.69, 9.17) is 4.74 Å². The van der Waals surface area contributed by atoms with Crippen molar-refractivity contribution < 1.29 is 22.9 Å². The van der Waals surface area contributed by atoms with Gasteiger partial charge in [-0.1, -0.05) is 6.07 Å². The molecular weight excluding hydrogens is 424 g/mol. The Kier molecular flexibility index (Phi) is 7.21. The molecule has 0 aliphatic carbocycles. The molecule has 1 N–H and O–H groups in total. The summed E-state index contributed by atoms with van der Waals surface area (Å²) in [6, 6.07) is 12.1. The van der Waals surface area contributed by atoms with Gasteiger partial charge in [-0.15, -0.1) is 0 Å². The predicted molar refractivity (Wildman–Crippen MR) is 115 cm³/mol. The highest BCUT2D eigenvalue weighted by Crippen LogP contribution is 2.22. The van der Waals surface area contributed by atoms with Crippen molar-refractivity contribution in [3.05, 3.63) is 58.6 Å². The van der Waals surface area contributed by atoms with Crippen molar-refractivity contribution in [2.24, 2.45) is 0 Å². The number of nitrogens with zero attached hydrogens (tertiary/aromatic N) is 3. The molecule has 11 heteroatoms. The summed E-state index contributed by atoms with van der Waals surface area (Å²) in [5, 5.41) is 13.7. The third kappa shape index (κ3) is 5.78. The molecule has 0 bridgehead atoms. The number of non-ortho nitro benzene ring substituents is 1. The van der Waals surface area contributed by atoms with Crippen molar-refractivity contribution in [1.82, 2.24) is 9.21 Å². The molecule has 0 spiro atoms. The second kappa shape index (κ2) is 9.86. The van der Waals surface area contributed by atoms with Crippen LogP contribution >= 0.6 is 0 Å². The quantitative estimate of drug-likeness (QED) is 0.484. The fourth-order valence-electron chi connectivity index (χ4n) is 3.24. The third-order valence-electron chi connectivity index (χ3n) is 4.81. The minimum absolute atomic E-state index is 0.108. The van der Waals surface area contributed by atoms with Crippen molar-refractivity contribution in [1.29, 1.82) is 0 Å². The van der Waals surface area contributed by atoms with Gasteiger partial charge in [-0.25, -0.2) is 8.42 Å². The molecule has 31 heavy (non-hydrogen) atoms. The first-order valence-electron chi connectivity index (χ1n) is 9.79. The van der Waals surface area contributed by atoms with Gasteiger partial charge >= 0.3 is 0 Å². The zero-order valence-electron chi connectivity index (χ0n) is 17.1. The van der Waals surface area contributed by atoms with Crippen LogP contribution in [0, 0.1) is 10.1 Å². The van der Waals surface area contributed by atoms with Crippen LogP contribution in [0.1, 0.15) is 6.92 Å². The highest BCUT2D eigenvalue weighted by molar-refractivity contribution is 7.89. The van der Waals surface area contributed by atoms with E-state index in [1.807, 2.05) is 11.8 Å². The van der Waals surface area contributed by atoms with Crippen LogP contribution in [-0.4, -0.2) is 67.8 Å². The summed E-state index contributed by atoms with van der Waals surface area (Å²) in [5.74, 6) is 0.528. The van der Waals surface area contributed by atoms with Crippen LogP contribution in [0.3, 0.4) is 0 Å². The molecule has 0 atom stereocenters. The summed E-state index contributed by atoms with van der Waals surface area (Å²) in [6.07, 6.45) is 0. The number of nitro groups is 1. The number of amides is 1. The van der Waals surface area contributed by atoms with Gasteiger partial charge in [0, 0.05) is 44.0 Å². The lowest BCUT2D eigenvalue weighted by atomic mass is 10.3. The Labute approximate surface area is 180 Å². The second-order valence-corrected chi connectivity index (χ2v) is 8.88. The lowest BCUT2D eigenvalue weighted by Gasteiger charge is -2.33. The molecule has 0 aromatic heterocycles. The van der Waals surface area contributed by atoms with E-state index in [0.29, 0.717) is 25.4 Å². The van der Waals surface area contributed by atoms with E-state index < -0.39 is 14.9 Å². The van der Waals surface area contributed by atoms with Crippen LogP contribution in [0.15, 0.2) is 53.4 Å². The molecule has 1 saturated heterocycles. The number of hydrogen-bond donors (Lipinski definition) is 1. The smallest absolute Gasteiger partial charge is 0.270 e. The molecule has 1 aliphatic rings. The molecule has 1 fully saturated rings. The average molecular weight is 449 g/mol. The van der Waals surface area contributed by atoms with Crippen LogP contribution in [0.2, 0.25) is 0 Å². The summed E-state index contributed by atoms with van der Waals surface area (Å²) >= 11 is 0. The fraction of sp³-hybridized carbons (Fsp3) is 0.350.